The highest BCUT2D eigenvalue weighted by Gasteiger charge is 2.21. The quantitative estimate of drug-likeness (QED) is 0.716. The molecule has 0 fully saturated rings. The monoisotopic (exact) mass is 272 g/mol. The fourth-order valence-corrected chi connectivity index (χ4v) is 3.43. The molecule has 1 aromatic heterocycles. The van der Waals surface area contributed by atoms with E-state index >= 15 is 0 Å². The highest BCUT2D eigenvalue weighted by molar-refractivity contribution is 7.12. The molecule has 0 aliphatic rings. The van der Waals surface area contributed by atoms with Crippen LogP contribution in [0, 0.1) is 41.5 Å². The first kappa shape index (κ1) is 14.0. The van der Waals surface area contributed by atoms with E-state index in [-0.39, 0.29) is 5.78 Å². The summed E-state index contributed by atoms with van der Waals surface area (Å²) in [5, 5.41) is 1.99. The van der Waals surface area contributed by atoms with Crippen molar-refractivity contribution in [2.24, 2.45) is 0 Å². The molecule has 0 unspecified atom stereocenters. The molecule has 1 heterocycles. The van der Waals surface area contributed by atoms with Crippen molar-refractivity contribution in [3.05, 3.63) is 55.3 Å². The largest absolute Gasteiger partial charge is 0.288 e. The first-order chi connectivity index (χ1) is 8.86. The fraction of sp³-hybridized carbons (Fsp3) is 0.353. The van der Waals surface area contributed by atoms with Gasteiger partial charge in [0.1, 0.15) is 0 Å². The second kappa shape index (κ2) is 4.93. The molecule has 0 spiro atoms. The highest BCUT2D eigenvalue weighted by atomic mass is 32.1. The van der Waals surface area contributed by atoms with Crippen LogP contribution in [-0.4, -0.2) is 5.78 Å². The summed E-state index contributed by atoms with van der Waals surface area (Å²) in [6, 6.07) is 2.01. The molecular weight excluding hydrogens is 252 g/mol. The Kier molecular flexibility index (Phi) is 3.64. The van der Waals surface area contributed by atoms with E-state index in [1.54, 1.807) is 0 Å². The normalized spacial score (nSPS) is 10.8. The second-order valence-electron chi connectivity index (χ2n) is 5.26. The van der Waals surface area contributed by atoms with Crippen LogP contribution in [0.1, 0.15) is 48.6 Å². The maximum atomic E-state index is 12.8. The molecule has 0 N–H and O–H groups in total. The van der Waals surface area contributed by atoms with Crippen molar-refractivity contribution in [2.45, 2.75) is 41.5 Å². The molecule has 2 heteroatoms. The Hall–Kier alpha value is -1.41. The average molecular weight is 272 g/mol. The van der Waals surface area contributed by atoms with Crippen molar-refractivity contribution in [3.63, 3.8) is 0 Å². The summed E-state index contributed by atoms with van der Waals surface area (Å²) in [7, 11) is 0. The molecule has 2 aromatic rings. The number of rotatable bonds is 2. The van der Waals surface area contributed by atoms with E-state index < -0.39 is 0 Å². The number of hydrogen-bond donors (Lipinski definition) is 0. The molecule has 0 radical (unpaired) electrons. The lowest BCUT2D eigenvalue weighted by atomic mass is 9.87. The average Bonchev–Trinajstić information content (AvgIpc) is 2.80. The van der Waals surface area contributed by atoms with Crippen molar-refractivity contribution >= 4 is 17.1 Å². The summed E-state index contributed by atoms with van der Waals surface area (Å²) in [4.78, 5) is 13.7. The second-order valence-corrected chi connectivity index (χ2v) is 6.18. The Balaban J connectivity index is 2.71. The Morgan fingerprint density at radius 1 is 0.842 bits per heavy atom. The van der Waals surface area contributed by atoms with Crippen LogP contribution in [0.4, 0.5) is 0 Å². The van der Waals surface area contributed by atoms with Crippen LogP contribution >= 0.6 is 11.3 Å². The van der Waals surface area contributed by atoms with Crippen molar-refractivity contribution in [1.29, 1.82) is 0 Å². The van der Waals surface area contributed by atoms with Gasteiger partial charge in [-0.25, -0.2) is 0 Å². The van der Waals surface area contributed by atoms with E-state index in [9.17, 15) is 4.79 Å². The number of thiophene rings is 1. The van der Waals surface area contributed by atoms with Gasteiger partial charge < -0.3 is 0 Å². The SMILES string of the molecule is Cc1ccsc1C(=O)c1c(C)c(C)c(C)c(C)c1C. The lowest BCUT2D eigenvalue weighted by molar-refractivity contribution is 0.104. The number of benzene rings is 1. The van der Waals surface area contributed by atoms with Gasteiger partial charge in [-0.1, -0.05) is 0 Å². The first-order valence-corrected chi connectivity index (χ1v) is 7.40. The molecular formula is C17H20OS. The predicted molar refractivity (Wildman–Crippen MR) is 82.6 cm³/mol. The van der Waals surface area contributed by atoms with Gasteiger partial charge >= 0.3 is 0 Å². The fourth-order valence-electron chi connectivity index (χ4n) is 2.56. The van der Waals surface area contributed by atoms with Crippen LogP contribution in [0.3, 0.4) is 0 Å². The predicted octanol–water partition coefficient (Wildman–Crippen LogP) is 4.83. The lowest BCUT2D eigenvalue weighted by Crippen LogP contribution is -2.10. The van der Waals surface area contributed by atoms with Gasteiger partial charge in [-0.05, 0) is 86.4 Å². The number of ketones is 1. The van der Waals surface area contributed by atoms with Gasteiger partial charge in [-0.2, -0.15) is 0 Å². The third kappa shape index (κ3) is 2.14. The summed E-state index contributed by atoms with van der Waals surface area (Å²) in [6.45, 7) is 12.5. The zero-order valence-corrected chi connectivity index (χ0v) is 13.3. The molecule has 0 saturated carbocycles. The standard InChI is InChI=1S/C17H20OS/c1-9-7-8-19-17(9)16(18)15-13(5)11(3)10(2)12(4)14(15)6/h7-8H,1-6H3. The number of aryl methyl sites for hydroxylation is 1. The maximum absolute atomic E-state index is 12.8. The summed E-state index contributed by atoms with van der Waals surface area (Å²) >= 11 is 1.54. The van der Waals surface area contributed by atoms with Crippen LogP contribution in [0.5, 0.6) is 0 Å². The summed E-state index contributed by atoms with van der Waals surface area (Å²) in [6.07, 6.45) is 0. The van der Waals surface area contributed by atoms with E-state index in [4.69, 9.17) is 0 Å². The molecule has 0 saturated heterocycles. The topological polar surface area (TPSA) is 17.1 Å². The molecule has 0 amide bonds. The molecule has 0 atom stereocenters. The van der Waals surface area contributed by atoms with Crippen LogP contribution in [0.2, 0.25) is 0 Å². The number of carbonyl (C=O) groups excluding carboxylic acids is 1. The summed E-state index contributed by atoms with van der Waals surface area (Å²) in [5.74, 6) is 0.175. The van der Waals surface area contributed by atoms with Crippen molar-refractivity contribution in [3.8, 4) is 0 Å². The Labute approximate surface area is 119 Å². The van der Waals surface area contributed by atoms with Gasteiger partial charge in [0.05, 0.1) is 4.88 Å². The lowest BCUT2D eigenvalue weighted by Gasteiger charge is -2.17. The third-order valence-corrected chi connectivity index (χ3v) is 5.31. The van der Waals surface area contributed by atoms with Gasteiger partial charge in [0.15, 0.2) is 0 Å². The Morgan fingerprint density at radius 2 is 1.32 bits per heavy atom. The minimum absolute atomic E-state index is 0.175. The molecule has 100 valence electrons. The number of hydrogen-bond acceptors (Lipinski definition) is 2. The molecule has 19 heavy (non-hydrogen) atoms. The molecule has 0 aliphatic heterocycles. The molecule has 0 aliphatic carbocycles. The van der Waals surface area contributed by atoms with Gasteiger partial charge in [0, 0.05) is 5.56 Å². The van der Waals surface area contributed by atoms with E-state index in [0.717, 1.165) is 27.1 Å². The van der Waals surface area contributed by atoms with E-state index in [0.29, 0.717) is 0 Å². The first-order valence-electron chi connectivity index (χ1n) is 6.52. The van der Waals surface area contributed by atoms with Gasteiger partial charge in [-0.3, -0.25) is 4.79 Å². The van der Waals surface area contributed by atoms with Crippen LogP contribution in [0.15, 0.2) is 11.4 Å². The van der Waals surface area contributed by atoms with E-state index in [1.165, 1.54) is 28.0 Å². The molecule has 2 rings (SSSR count). The summed E-state index contributed by atoms with van der Waals surface area (Å²) in [5.41, 5.74) is 7.99. The Bertz CT molecular complexity index is 633. The zero-order valence-electron chi connectivity index (χ0n) is 12.5. The van der Waals surface area contributed by atoms with Gasteiger partial charge in [0.2, 0.25) is 5.78 Å². The smallest absolute Gasteiger partial charge is 0.203 e. The Morgan fingerprint density at radius 3 is 1.74 bits per heavy atom. The van der Waals surface area contributed by atoms with Crippen molar-refractivity contribution in [1.82, 2.24) is 0 Å². The van der Waals surface area contributed by atoms with E-state index in [1.807, 2.05) is 18.4 Å². The zero-order chi connectivity index (χ0) is 14.3. The molecule has 1 aromatic carbocycles. The van der Waals surface area contributed by atoms with Gasteiger partial charge in [0.25, 0.3) is 0 Å². The van der Waals surface area contributed by atoms with Crippen LogP contribution < -0.4 is 0 Å². The van der Waals surface area contributed by atoms with Crippen LogP contribution in [-0.2, 0) is 0 Å². The van der Waals surface area contributed by atoms with Crippen molar-refractivity contribution < 1.29 is 4.79 Å². The van der Waals surface area contributed by atoms with E-state index in [2.05, 4.69) is 34.6 Å². The van der Waals surface area contributed by atoms with Gasteiger partial charge in [-0.15, -0.1) is 11.3 Å². The third-order valence-electron chi connectivity index (χ3n) is 4.30. The van der Waals surface area contributed by atoms with Crippen LogP contribution in [0.25, 0.3) is 0 Å². The number of carbonyl (C=O) groups is 1. The summed E-state index contributed by atoms with van der Waals surface area (Å²) < 4.78 is 0. The molecule has 0 bridgehead atoms. The van der Waals surface area contributed by atoms with Crippen molar-refractivity contribution in [2.75, 3.05) is 0 Å². The highest BCUT2D eigenvalue weighted by Crippen LogP contribution is 2.30. The maximum Gasteiger partial charge on any atom is 0.203 e. The minimum atomic E-state index is 0.175. The molecule has 1 nitrogen and oxygen atoms in total. The minimum Gasteiger partial charge on any atom is -0.288 e.